The minimum Gasteiger partial charge on any atom is -0.338 e. The van der Waals surface area contributed by atoms with Gasteiger partial charge in [-0.05, 0) is 29.8 Å². The SMILES string of the molecule is O=C(/C=C\c1ccccc1)N1CCN(c2nccn2-c2cccc(Cl)c2)CC1. The fourth-order valence-corrected chi connectivity index (χ4v) is 3.51. The Labute approximate surface area is 169 Å². The predicted octanol–water partition coefficient (Wildman–Crippen LogP) is 3.89. The molecule has 1 amide bonds. The highest BCUT2D eigenvalue weighted by Gasteiger charge is 2.22. The Bertz CT molecular complexity index is 975. The summed E-state index contributed by atoms with van der Waals surface area (Å²) in [5.41, 5.74) is 2.00. The number of benzene rings is 2. The molecule has 1 aliphatic heterocycles. The first-order valence-electron chi connectivity index (χ1n) is 9.27. The van der Waals surface area contributed by atoms with E-state index in [4.69, 9.17) is 11.6 Å². The second-order valence-electron chi connectivity index (χ2n) is 6.63. The summed E-state index contributed by atoms with van der Waals surface area (Å²) in [6.45, 7) is 2.81. The lowest BCUT2D eigenvalue weighted by molar-refractivity contribution is -0.126. The first-order valence-corrected chi connectivity index (χ1v) is 9.65. The molecular weight excluding hydrogens is 372 g/mol. The van der Waals surface area contributed by atoms with Crippen LogP contribution < -0.4 is 4.90 Å². The third-order valence-electron chi connectivity index (χ3n) is 4.80. The number of nitrogens with zero attached hydrogens (tertiary/aromatic N) is 4. The first-order chi connectivity index (χ1) is 13.7. The molecule has 0 atom stereocenters. The number of carbonyl (C=O) groups is 1. The number of hydrogen-bond donors (Lipinski definition) is 0. The number of halogens is 1. The van der Waals surface area contributed by atoms with Crippen molar-refractivity contribution in [1.29, 1.82) is 0 Å². The zero-order valence-electron chi connectivity index (χ0n) is 15.4. The van der Waals surface area contributed by atoms with Gasteiger partial charge in [0, 0.05) is 55.4 Å². The van der Waals surface area contributed by atoms with Crippen molar-refractivity contribution in [3.05, 3.63) is 83.7 Å². The molecule has 142 valence electrons. The number of aromatic nitrogens is 2. The summed E-state index contributed by atoms with van der Waals surface area (Å²) in [6, 6.07) is 17.6. The third kappa shape index (κ3) is 4.10. The van der Waals surface area contributed by atoms with Gasteiger partial charge >= 0.3 is 0 Å². The van der Waals surface area contributed by atoms with E-state index in [2.05, 4.69) is 9.88 Å². The molecule has 0 radical (unpaired) electrons. The lowest BCUT2D eigenvalue weighted by Gasteiger charge is -2.35. The van der Waals surface area contributed by atoms with Gasteiger partial charge in [0.15, 0.2) is 0 Å². The van der Waals surface area contributed by atoms with Gasteiger partial charge < -0.3 is 9.80 Å². The zero-order valence-corrected chi connectivity index (χ0v) is 16.2. The van der Waals surface area contributed by atoms with Crippen LogP contribution in [-0.4, -0.2) is 46.5 Å². The average molecular weight is 393 g/mol. The molecule has 1 aliphatic rings. The predicted molar refractivity (Wildman–Crippen MR) is 113 cm³/mol. The molecule has 0 aliphatic carbocycles. The molecule has 28 heavy (non-hydrogen) atoms. The van der Waals surface area contributed by atoms with Gasteiger partial charge in [-0.1, -0.05) is 48.0 Å². The fourth-order valence-electron chi connectivity index (χ4n) is 3.32. The first kappa shape index (κ1) is 18.3. The summed E-state index contributed by atoms with van der Waals surface area (Å²) >= 11 is 6.13. The topological polar surface area (TPSA) is 41.4 Å². The summed E-state index contributed by atoms with van der Waals surface area (Å²) in [5.74, 6) is 0.913. The molecule has 2 aromatic carbocycles. The highest BCUT2D eigenvalue weighted by atomic mass is 35.5. The molecule has 0 unspecified atom stereocenters. The maximum absolute atomic E-state index is 12.5. The van der Waals surface area contributed by atoms with Crippen LogP contribution in [0.4, 0.5) is 5.95 Å². The van der Waals surface area contributed by atoms with Crippen molar-refractivity contribution < 1.29 is 4.79 Å². The van der Waals surface area contributed by atoms with E-state index < -0.39 is 0 Å². The zero-order chi connectivity index (χ0) is 19.3. The molecule has 0 saturated carbocycles. The van der Waals surface area contributed by atoms with Crippen LogP contribution in [0.1, 0.15) is 5.56 Å². The van der Waals surface area contributed by atoms with Gasteiger partial charge in [-0.3, -0.25) is 9.36 Å². The third-order valence-corrected chi connectivity index (χ3v) is 5.03. The summed E-state index contributed by atoms with van der Waals surface area (Å²) in [6.07, 6.45) is 7.23. The van der Waals surface area contributed by atoms with Crippen LogP contribution in [0, 0.1) is 0 Å². The minimum absolute atomic E-state index is 0.0432. The molecule has 6 heteroatoms. The van der Waals surface area contributed by atoms with E-state index in [-0.39, 0.29) is 5.91 Å². The monoisotopic (exact) mass is 392 g/mol. The van der Waals surface area contributed by atoms with E-state index in [0.29, 0.717) is 18.1 Å². The molecule has 0 N–H and O–H groups in total. The van der Waals surface area contributed by atoms with Crippen LogP contribution in [0.15, 0.2) is 73.1 Å². The van der Waals surface area contributed by atoms with E-state index in [1.54, 1.807) is 12.3 Å². The second kappa shape index (κ2) is 8.31. The van der Waals surface area contributed by atoms with Crippen molar-refractivity contribution in [2.45, 2.75) is 0 Å². The number of piperazine rings is 1. The Morgan fingerprint density at radius 2 is 1.79 bits per heavy atom. The minimum atomic E-state index is 0.0432. The van der Waals surface area contributed by atoms with Gasteiger partial charge in [0.05, 0.1) is 0 Å². The van der Waals surface area contributed by atoms with Crippen LogP contribution in [0.5, 0.6) is 0 Å². The fraction of sp³-hybridized carbons (Fsp3) is 0.182. The second-order valence-corrected chi connectivity index (χ2v) is 7.07. The molecule has 2 heterocycles. The van der Waals surface area contributed by atoms with Crippen LogP contribution in [0.25, 0.3) is 11.8 Å². The van der Waals surface area contributed by atoms with Crippen molar-refractivity contribution in [2.24, 2.45) is 0 Å². The molecule has 4 rings (SSSR count). The number of hydrogen-bond acceptors (Lipinski definition) is 3. The van der Waals surface area contributed by atoms with Crippen LogP contribution in [0.2, 0.25) is 5.02 Å². The van der Waals surface area contributed by atoms with Gasteiger partial charge in [0.25, 0.3) is 0 Å². The Kier molecular flexibility index (Phi) is 5.44. The number of carbonyl (C=O) groups excluding carboxylic acids is 1. The van der Waals surface area contributed by atoms with E-state index in [1.807, 2.05) is 76.3 Å². The highest BCUT2D eigenvalue weighted by Crippen LogP contribution is 2.22. The van der Waals surface area contributed by atoms with E-state index in [0.717, 1.165) is 30.3 Å². The van der Waals surface area contributed by atoms with E-state index in [9.17, 15) is 4.79 Å². The molecule has 1 aromatic heterocycles. The van der Waals surface area contributed by atoms with Crippen molar-refractivity contribution in [3.63, 3.8) is 0 Å². The summed E-state index contributed by atoms with van der Waals surface area (Å²) in [5, 5.41) is 0.692. The van der Waals surface area contributed by atoms with E-state index >= 15 is 0 Å². The molecule has 1 fully saturated rings. The average Bonchev–Trinajstić information content (AvgIpc) is 3.23. The smallest absolute Gasteiger partial charge is 0.246 e. The quantitative estimate of drug-likeness (QED) is 0.632. The van der Waals surface area contributed by atoms with Gasteiger partial charge in [-0.15, -0.1) is 0 Å². The molecule has 1 saturated heterocycles. The maximum atomic E-state index is 12.5. The Balaban J connectivity index is 1.40. The molecular formula is C22H21ClN4O. The van der Waals surface area contributed by atoms with Crippen LogP contribution in [0.3, 0.4) is 0 Å². The summed E-state index contributed by atoms with van der Waals surface area (Å²) < 4.78 is 2.03. The standard InChI is InChI=1S/C22H21ClN4O/c23-19-7-4-8-20(17-19)27-12-11-24-22(27)26-15-13-25(14-16-26)21(28)10-9-18-5-2-1-3-6-18/h1-12,17H,13-16H2/b10-9-. The molecule has 0 spiro atoms. The Hall–Kier alpha value is -3.05. The summed E-state index contributed by atoms with van der Waals surface area (Å²) in [7, 11) is 0. The Morgan fingerprint density at radius 1 is 1.00 bits per heavy atom. The lowest BCUT2D eigenvalue weighted by Crippen LogP contribution is -2.49. The number of amides is 1. The van der Waals surface area contributed by atoms with Crippen molar-refractivity contribution in [1.82, 2.24) is 14.5 Å². The molecule has 3 aromatic rings. The van der Waals surface area contributed by atoms with Gasteiger partial charge in [-0.2, -0.15) is 0 Å². The number of anilines is 1. The van der Waals surface area contributed by atoms with Gasteiger partial charge in [0.1, 0.15) is 0 Å². The van der Waals surface area contributed by atoms with Crippen molar-refractivity contribution in [2.75, 3.05) is 31.1 Å². The normalized spacial score (nSPS) is 14.6. The van der Waals surface area contributed by atoms with E-state index in [1.165, 1.54) is 0 Å². The van der Waals surface area contributed by atoms with Crippen molar-refractivity contribution in [3.8, 4) is 5.69 Å². The largest absolute Gasteiger partial charge is 0.338 e. The van der Waals surface area contributed by atoms with Crippen molar-refractivity contribution >= 4 is 29.5 Å². The number of imidazole rings is 1. The van der Waals surface area contributed by atoms with Gasteiger partial charge in [0.2, 0.25) is 11.9 Å². The number of rotatable bonds is 4. The lowest BCUT2D eigenvalue weighted by atomic mass is 10.2. The Morgan fingerprint density at radius 3 is 2.54 bits per heavy atom. The van der Waals surface area contributed by atoms with Crippen LogP contribution in [-0.2, 0) is 4.79 Å². The molecule has 5 nitrogen and oxygen atoms in total. The molecule has 0 bridgehead atoms. The highest BCUT2D eigenvalue weighted by molar-refractivity contribution is 6.30. The van der Waals surface area contributed by atoms with Crippen LogP contribution >= 0.6 is 11.6 Å². The summed E-state index contributed by atoms with van der Waals surface area (Å²) in [4.78, 5) is 21.1. The maximum Gasteiger partial charge on any atom is 0.246 e. The van der Waals surface area contributed by atoms with Gasteiger partial charge in [-0.25, -0.2) is 4.98 Å².